The third kappa shape index (κ3) is 4.85. The molecule has 23 heavy (non-hydrogen) atoms. The minimum absolute atomic E-state index is 0.191. The Morgan fingerprint density at radius 2 is 1.87 bits per heavy atom. The lowest BCUT2D eigenvalue weighted by Crippen LogP contribution is -2.50. The van der Waals surface area contributed by atoms with Crippen LogP contribution in [0.1, 0.15) is 6.92 Å². The van der Waals surface area contributed by atoms with E-state index >= 15 is 0 Å². The summed E-state index contributed by atoms with van der Waals surface area (Å²) < 4.78 is 10.1. The number of rotatable bonds is 5. The maximum absolute atomic E-state index is 11.7. The van der Waals surface area contributed by atoms with Crippen LogP contribution in [-0.2, 0) is 9.53 Å². The first-order valence-electron chi connectivity index (χ1n) is 7.71. The van der Waals surface area contributed by atoms with Crippen LogP contribution in [0.5, 0.6) is 5.75 Å². The van der Waals surface area contributed by atoms with Crippen LogP contribution < -0.4 is 15.0 Å². The van der Waals surface area contributed by atoms with E-state index in [1.165, 1.54) is 7.11 Å². The number of piperazine rings is 1. The molecule has 0 radical (unpaired) electrons. The van der Waals surface area contributed by atoms with Gasteiger partial charge in [0.15, 0.2) is 0 Å². The first kappa shape index (κ1) is 17.1. The normalized spacial score (nSPS) is 15.1. The van der Waals surface area contributed by atoms with Crippen LogP contribution in [-0.4, -0.2) is 63.3 Å². The molecule has 7 heteroatoms. The molecule has 1 aromatic rings. The summed E-state index contributed by atoms with van der Waals surface area (Å²) in [5.74, 6) is 0.534. The second-order valence-electron chi connectivity index (χ2n) is 5.20. The molecule has 1 aliphatic rings. The average Bonchev–Trinajstić information content (AvgIpc) is 2.56. The lowest BCUT2D eigenvalue weighted by atomic mass is 10.2. The second kappa shape index (κ2) is 8.38. The molecule has 1 aromatic carbocycles. The topological polar surface area (TPSA) is 71.1 Å². The van der Waals surface area contributed by atoms with Gasteiger partial charge in [0.1, 0.15) is 5.75 Å². The number of ether oxygens (including phenoxy) is 2. The first-order valence-corrected chi connectivity index (χ1v) is 7.71. The Morgan fingerprint density at radius 1 is 1.17 bits per heavy atom. The predicted octanol–water partition coefficient (Wildman–Crippen LogP) is 1.09. The summed E-state index contributed by atoms with van der Waals surface area (Å²) in [5, 5.41) is 2.17. The van der Waals surface area contributed by atoms with E-state index in [1.807, 2.05) is 36.1 Å². The van der Waals surface area contributed by atoms with Crippen molar-refractivity contribution in [3.63, 3.8) is 0 Å². The Kier molecular flexibility index (Phi) is 6.22. The number of carbonyl (C=O) groups excluding carboxylic acids is 2. The van der Waals surface area contributed by atoms with Gasteiger partial charge < -0.3 is 14.4 Å². The quantitative estimate of drug-likeness (QED) is 0.875. The number of anilines is 1. The van der Waals surface area contributed by atoms with Gasteiger partial charge in [-0.1, -0.05) is 12.1 Å². The highest BCUT2D eigenvalue weighted by molar-refractivity contribution is 5.92. The van der Waals surface area contributed by atoms with Gasteiger partial charge >= 0.3 is 6.09 Å². The van der Waals surface area contributed by atoms with Gasteiger partial charge in [-0.2, -0.15) is 0 Å². The summed E-state index contributed by atoms with van der Waals surface area (Å²) in [6.07, 6.45) is -0.723. The van der Waals surface area contributed by atoms with Gasteiger partial charge in [0, 0.05) is 26.2 Å². The molecule has 0 bridgehead atoms. The van der Waals surface area contributed by atoms with Crippen molar-refractivity contribution >= 4 is 17.7 Å². The summed E-state index contributed by atoms with van der Waals surface area (Å²) in [6.45, 7) is 5.88. The summed E-state index contributed by atoms with van der Waals surface area (Å²) in [4.78, 5) is 27.0. The fourth-order valence-electron chi connectivity index (χ4n) is 2.55. The van der Waals surface area contributed by atoms with E-state index in [0.717, 1.165) is 37.6 Å². The molecule has 0 spiro atoms. The van der Waals surface area contributed by atoms with Crippen LogP contribution in [0.15, 0.2) is 24.3 Å². The molecule has 0 saturated carbocycles. The van der Waals surface area contributed by atoms with Crippen molar-refractivity contribution in [3.8, 4) is 5.75 Å². The Balaban J connectivity index is 1.86. The Hall–Kier alpha value is -2.28. The van der Waals surface area contributed by atoms with Gasteiger partial charge in [0.2, 0.25) is 5.91 Å². The number of methoxy groups -OCH3 is 1. The first-order chi connectivity index (χ1) is 11.1. The number of para-hydroxylation sites is 2. The molecule has 7 nitrogen and oxygen atoms in total. The van der Waals surface area contributed by atoms with Crippen LogP contribution >= 0.6 is 0 Å². The monoisotopic (exact) mass is 321 g/mol. The lowest BCUT2D eigenvalue weighted by molar-refractivity contribution is -0.121. The number of carbonyl (C=O) groups is 2. The number of nitrogens with one attached hydrogen (secondary N) is 1. The SMILES string of the molecule is CCOc1ccccc1N1CCN(CC(=O)NC(=O)OC)CC1. The molecule has 0 aromatic heterocycles. The molecule has 0 aliphatic carbocycles. The molecular weight excluding hydrogens is 298 g/mol. The number of hydrogen-bond acceptors (Lipinski definition) is 6. The maximum atomic E-state index is 11.7. The van der Waals surface area contributed by atoms with Gasteiger partial charge in [0.05, 0.1) is 25.9 Å². The van der Waals surface area contributed by atoms with E-state index in [9.17, 15) is 9.59 Å². The van der Waals surface area contributed by atoms with Gasteiger partial charge in [-0.05, 0) is 19.1 Å². The van der Waals surface area contributed by atoms with Crippen molar-refractivity contribution < 1.29 is 19.1 Å². The van der Waals surface area contributed by atoms with E-state index in [-0.39, 0.29) is 12.5 Å². The van der Waals surface area contributed by atoms with Crippen molar-refractivity contribution in [1.82, 2.24) is 10.2 Å². The molecule has 1 fully saturated rings. The average molecular weight is 321 g/mol. The molecule has 2 amide bonds. The fourth-order valence-corrected chi connectivity index (χ4v) is 2.55. The number of alkyl carbamates (subject to hydrolysis) is 1. The molecule has 1 aliphatic heterocycles. The van der Waals surface area contributed by atoms with Crippen LogP contribution in [0.3, 0.4) is 0 Å². The van der Waals surface area contributed by atoms with E-state index < -0.39 is 6.09 Å². The molecule has 1 heterocycles. The molecule has 0 unspecified atom stereocenters. The highest BCUT2D eigenvalue weighted by Crippen LogP contribution is 2.28. The molecular formula is C16H23N3O4. The fraction of sp³-hybridized carbons (Fsp3) is 0.500. The van der Waals surface area contributed by atoms with Crippen molar-refractivity contribution in [2.75, 3.05) is 51.3 Å². The van der Waals surface area contributed by atoms with E-state index in [2.05, 4.69) is 15.0 Å². The standard InChI is InChI=1S/C16H23N3O4/c1-3-23-14-7-5-4-6-13(14)19-10-8-18(9-11-19)12-15(20)17-16(21)22-2/h4-7H,3,8-12H2,1-2H3,(H,17,20,21). The van der Waals surface area contributed by atoms with E-state index in [1.54, 1.807) is 0 Å². The number of hydrogen-bond donors (Lipinski definition) is 1. The van der Waals surface area contributed by atoms with Gasteiger partial charge in [-0.25, -0.2) is 4.79 Å². The zero-order valence-corrected chi connectivity index (χ0v) is 13.6. The van der Waals surface area contributed by atoms with Gasteiger partial charge in [0.25, 0.3) is 0 Å². The minimum Gasteiger partial charge on any atom is -0.492 e. The zero-order chi connectivity index (χ0) is 16.7. The molecule has 1 N–H and O–H groups in total. The van der Waals surface area contributed by atoms with Crippen LogP contribution in [0.25, 0.3) is 0 Å². The molecule has 126 valence electrons. The molecule has 1 saturated heterocycles. The number of imide groups is 1. The van der Waals surface area contributed by atoms with Gasteiger partial charge in [-0.3, -0.25) is 15.0 Å². The van der Waals surface area contributed by atoms with Crippen LogP contribution in [0.4, 0.5) is 10.5 Å². The zero-order valence-electron chi connectivity index (χ0n) is 13.6. The van der Waals surface area contributed by atoms with Crippen molar-refractivity contribution in [2.24, 2.45) is 0 Å². The minimum atomic E-state index is -0.723. The highest BCUT2D eigenvalue weighted by Gasteiger charge is 2.21. The summed E-state index contributed by atoms with van der Waals surface area (Å²) >= 11 is 0. The number of benzene rings is 1. The highest BCUT2D eigenvalue weighted by atomic mass is 16.5. The van der Waals surface area contributed by atoms with Crippen molar-refractivity contribution in [1.29, 1.82) is 0 Å². The second-order valence-corrected chi connectivity index (χ2v) is 5.20. The third-order valence-corrected chi connectivity index (χ3v) is 3.67. The number of amides is 2. The van der Waals surface area contributed by atoms with Crippen LogP contribution in [0.2, 0.25) is 0 Å². The Labute approximate surface area is 136 Å². The number of nitrogens with zero attached hydrogens (tertiary/aromatic N) is 2. The van der Waals surface area contributed by atoms with E-state index in [0.29, 0.717) is 6.61 Å². The third-order valence-electron chi connectivity index (χ3n) is 3.67. The van der Waals surface area contributed by atoms with Gasteiger partial charge in [-0.15, -0.1) is 0 Å². The predicted molar refractivity (Wildman–Crippen MR) is 86.8 cm³/mol. The molecule has 0 atom stereocenters. The Morgan fingerprint density at radius 3 is 2.52 bits per heavy atom. The lowest BCUT2D eigenvalue weighted by Gasteiger charge is -2.36. The summed E-state index contributed by atoms with van der Waals surface area (Å²) in [6, 6.07) is 7.97. The maximum Gasteiger partial charge on any atom is 0.413 e. The largest absolute Gasteiger partial charge is 0.492 e. The van der Waals surface area contributed by atoms with E-state index in [4.69, 9.17) is 4.74 Å². The Bertz CT molecular complexity index is 542. The molecule has 2 rings (SSSR count). The van der Waals surface area contributed by atoms with Crippen molar-refractivity contribution in [3.05, 3.63) is 24.3 Å². The van der Waals surface area contributed by atoms with Crippen LogP contribution in [0, 0.1) is 0 Å². The summed E-state index contributed by atoms with van der Waals surface area (Å²) in [5.41, 5.74) is 1.08. The summed E-state index contributed by atoms with van der Waals surface area (Å²) in [7, 11) is 1.23. The van der Waals surface area contributed by atoms with Crippen molar-refractivity contribution in [2.45, 2.75) is 6.92 Å². The smallest absolute Gasteiger partial charge is 0.413 e.